The first-order valence-corrected chi connectivity index (χ1v) is 9.35. The van der Waals surface area contributed by atoms with Crippen LogP contribution in [0.25, 0.3) is 0 Å². The first kappa shape index (κ1) is 19.6. The van der Waals surface area contributed by atoms with E-state index >= 15 is 0 Å². The summed E-state index contributed by atoms with van der Waals surface area (Å²) in [5, 5.41) is 4.80. The number of carbonyl (C=O) groups excluding carboxylic acids is 2. The number of ether oxygens (including phenoxy) is 2. The van der Waals surface area contributed by atoms with Crippen LogP contribution in [-0.2, 0) is 9.53 Å². The Morgan fingerprint density at radius 2 is 1.89 bits per heavy atom. The molecule has 0 fully saturated rings. The van der Waals surface area contributed by atoms with E-state index in [2.05, 4.69) is 5.32 Å². The van der Waals surface area contributed by atoms with Gasteiger partial charge in [-0.15, -0.1) is 11.3 Å². The predicted octanol–water partition coefficient (Wildman–Crippen LogP) is 3.96. The number of rotatable bonds is 7. The van der Waals surface area contributed by atoms with Gasteiger partial charge in [-0.2, -0.15) is 0 Å². The topological polar surface area (TPSA) is 64.6 Å². The van der Waals surface area contributed by atoms with Crippen molar-refractivity contribution < 1.29 is 23.5 Å². The van der Waals surface area contributed by atoms with Crippen molar-refractivity contribution in [1.82, 2.24) is 5.32 Å². The maximum Gasteiger partial charge on any atom is 0.338 e. The molecule has 144 valence electrons. The number of amides is 1. The van der Waals surface area contributed by atoms with Gasteiger partial charge in [0.1, 0.15) is 0 Å². The van der Waals surface area contributed by atoms with Gasteiger partial charge in [-0.3, -0.25) is 4.79 Å². The van der Waals surface area contributed by atoms with Crippen LogP contribution >= 0.6 is 11.3 Å². The second-order valence-corrected chi connectivity index (χ2v) is 6.83. The molecule has 0 radical (unpaired) electrons. The molecule has 1 atom stereocenters. The molecular formula is C21H18FNO4S. The van der Waals surface area contributed by atoms with Gasteiger partial charge in [0.2, 0.25) is 0 Å². The van der Waals surface area contributed by atoms with Crippen molar-refractivity contribution in [3.63, 3.8) is 0 Å². The van der Waals surface area contributed by atoms with Crippen LogP contribution in [0.15, 0.2) is 66.0 Å². The molecule has 1 amide bonds. The molecule has 0 saturated carbocycles. The minimum atomic E-state index is -0.788. The molecule has 28 heavy (non-hydrogen) atoms. The summed E-state index contributed by atoms with van der Waals surface area (Å²) in [5.41, 5.74) is 0.922. The van der Waals surface area contributed by atoms with E-state index in [1.807, 2.05) is 47.8 Å². The number of benzene rings is 2. The largest absolute Gasteiger partial charge is 0.494 e. The molecule has 0 bridgehead atoms. The monoisotopic (exact) mass is 399 g/mol. The normalized spacial score (nSPS) is 11.5. The van der Waals surface area contributed by atoms with E-state index in [1.165, 1.54) is 30.6 Å². The summed E-state index contributed by atoms with van der Waals surface area (Å²) in [6, 6.07) is 16.7. The van der Waals surface area contributed by atoms with Crippen LogP contribution < -0.4 is 10.1 Å². The molecule has 1 heterocycles. The van der Waals surface area contributed by atoms with Crippen LogP contribution in [-0.4, -0.2) is 25.6 Å². The highest BCUT2D eigenvalue weighted by molar-refractivity contribution is 7.10. The SMILES string of the molecule is COc1ccc(C(=O)OCC(=O)N[C@H](c2ccccc2)c2cccs2)cc1F. The average molecular weight is 399 g/mol. The van der Waals surface area contributed by atoms with Gasteiger partial charge >= 0.3 is 5.97 Å². The highest BCUT2D eigenvalue weighted by Gasteiger charge is 2.19. The molecule has 1 N–H and O–H groups in total. The molecule has 2 aromatic carbocycles. The number of esters is 1. The van der Waals surface area contributed by atoms with Crippen LogP contribution in [0, 0.1) is 5.82 Å². The lowest BCUT2D eigenvalue weighted by molar-refractivity contribution is -0.124. The first-order valence-electron chi connectivity index (χ1n) is 8.47. The van der Waals surface area contributed by atoms with Crippen LogP contribution in [0.3, 0.4) is 0 Å². The smallest absolute Gasteiger partial charge is 0.338 e. The standard InChI is InChI=1S/C21H18FNO4S/c1-26-17-10-9-15(12-16(17)22)21(25)27-13-19(24)23-20(18-8-5-11-28-18)14-6-3-2-4-7-14/h2-12,20H,13H2,1H3,(H,23,24)/t20-/m1/s1. The Morgan fingerprint density at radius 3 is 2.54 bits per heavy atom. The number of halogens is 1. The summed E-state index contributed by atoms with van der Waals surface area (Å²) in [5.74, 6) is -1.90. The van der Waals surface area contributed by atoms with Gasteiger partial charge in [0.15, 0.2) is 18.2 Å². The van der Waals surface area contributed by atoms with E-state index < -0.39 is 24.3 Å². The van der Waals surface area contributed by atoms with E-state index in [1.54, 1.807) is 0 Å². The Hall–Kier alpha value is -3.19. The minimum Gasteiger partial charge on any atom is -0.494 e. The van der Waals surface area contributed by atoms with Gasteiger partial charge in [0.25, 0.3) is 5.91 Å². The van der Waals surface area contributed by atoms with Gasteiger partial charge < -0.3 is 14.8 Å². The van der Waals surface area contributed by atoms with Crippen molar-refractivity contribution in [2.24, 2.45) is 0 Å². The fourth-order valence-corrected chi connectivity index (χ4v) is 3.43. The molecule has 0 unspecified atom stereocenters. The van der Waals surface area contributed by atoms with Gasteiger partial charge in [-0.05, 0) is 35.2 Å². The van der Waals surface area contributed by atoms with Gasteiger partial charge in [0.05, 0.1) is 18.7 Å². The lowest BCUT2D eigenvalue weighted by Gasteiger charge is -2.18. The minimum absolute atomic E-state index is 0.00367. The number of thiophene rings is 1. The fourth-order valence-electron chi connectivity index (χ4n) is 2.63. The number of methoxy groups -OCH3 is 1. The van der Waals surface area contributed by atoms with Crippen molar-refractivity contribution in [1.29, 1.82) is 0 Å². The molecule has 0 aliphatic carbocycles. The van der Waals surface area contributed by atoms with Crippen molar-refractivity contribution in [2.75, 3.05) is 13.7 Å². The molecule has 0 saturated heterocycles. The molecule has 1 aromatic heterocycles. The third kappa shape index (κ3) is 4.75. The summed E-state index contributed by atoms with van der Waals surface area (Å²) in [6.45, 7) is -0.471. The predicted molar refractivity (Wildman–Crippen MR) is 104 cm³/mol. The third-order valence-corrected chi connectivity index (χ3v) is 4.92. The average Bonchev–Trinajstić information content (AvgIpc) is 3.25. The van der Waals surface area contributed by atoms with E-state index in [0.717, 1.165) is 16.5 Å². The lowest BCUT2D eigenvalue weighted by atomic mass is 10.1. The zero-order chi connectivity index (χ0) is 19.9. The van der Waals surface area contributed by atoms with Crippen molar-refractivity contribution >= 4 is 23.2 Å². The summed E-state index contributed by atoms with van der Waals surface area (Å²) >= 11 is 1.52. The first-order chi connectivity index (χ1) is 13.6. The summed E-state index contributed by atoms with van der Waals surface area (Å²) in [7, 11) is 1.33. The highest BCUT2D eigenvalue weighted by Crippen LogP contribution is 2.25. The Balaban J connectivity index is 1.63. The second-order valence-electron chi connectivity index (χ2n) is 5.85. The molecular weight excluding hydrogens is 381 g/mol. The zero-order valence-corrected chi connectivity index (χ0v) is 15.9. The van der Waals surface area contributed by atoms with Crippen LogP contribution in [0.4, 0.5) is 4.39 Å². The lowest BCUT2D eigenvalue weighted by Crippen LogP contribution is -2.32. The van der Waals surface area contributed by atoms with E-state index in [-0.39, 0.29) is 17.4 Å². The highest BCUT2D eigenvalue weighted by atomic mass is 32.1. The maximum atomic E-state index is 13.7. The van der Waals surface area contributed by atoms with Gasteiger partial charge in [0, 0.05) is 4.88 Å². The van der Waals surface area contributed by atoms with Crippen molar-refractivity contribution in [3.8, 4) is 5.75 Å². The quantitative estimate of drug-likeness (QED) is 0.611. The number of hydrogen-bond acceptors (Lipinski definition) is 5. The number of carbonyl (C=O) groups is 2. The Labute approximate surface area is 165 Å². The third-order valence-electron chi connectivity index (χ3n) is 3.99. The Morgan fingerprint density at radius 1 is 1.11 bits per heavy atom. The molecule has 7 heteroatoms. The Kier molecular flexibility index (Phi) is 6.39. The fraction of sp³-hybridized carbons (Fsp3) is 0.143. The van der Waals surface area contributed by atoms with E-state index in [0.29, 0.717) is 0 Å². The Bertz CT molecular complexity index is 944. The van der Waals surface area contributed by atoms with Crippen LogP contribution in [0.1, 0.15) is 26.8 Å². The van der Waals surface area contributed by atoms with Gasteiger partial charge in [-0.1, -0.05) is 36.4 Å². The summed E-state index contributed by atoms with van der Waals surface area (Å²) < 4.78 is 23.5. The maximum absolute atomic E-state index is 13.7. The van der Waals surface area contributed by atoms with E-state index in [4.69, 9.17) is 9.47 Å². The van der Waals surface area contributed by atoms with Gasteiger partial charge in [-0.25, -0.2) is 9.18 Å². The number of hydrogen-bond donors (Lipinski definition) is 1. The summed E-state index contributed by atoms with van der Waals surface area (Å²) in [4.78, 5) is 25.4. The summed E-state index contributed by atoms with van der Waals surface area (Å²) in [6.07, 6.45) is 0. The molecule has 3 rings (SSSR count). The molecule has 3 aromatic rings. The molecule has 0 aliphatic heterocycles. The second kappa shape index (κ2) is 9.14. The molecule has 0 spiro atoms. The van der Waals surface area contributed by atoms with Crippen LogP contribution in [0.2, 0.25) is 0 Å². The van der Waals surface area contributed by atoms with Crippen molar-refractivity contribution in [3.05, 3.63) is 87.9 Å². The van der Waals surface area contributed by atoms with E-state index in [9.17, 15) is 14.0 Å². The van der Waals surface area contributed by atoms with Crippen molar-refractivity contribution in [2.45, 2.75) is 6.04 Å². The zero-order valence-electron chi connectivity index (χ0n) is 15.1. The number of nitrogens with one attached hydrogen (secondary N) is 1. The molecule has 5 nitrogen and oxygen atoms in total. The van der Waals surface area contributed by atoms with Crippen LogP contribution in [0.5, 0.6) is 5.75 Å². The molecule has 0 aliphatic rings.